The summed E-state index contributed by atoms with van der Waals surface area (Å²) in [5.41, 5.74) is 2.10. The summed E-state index contributed by atoms with van der Waals surface area (Å²) < 4.78 is 24.9. The van der Waals surface area contributed by atoms with E-state index in [1.807, 2.05) is 12.1 Å². The number of fused-ring (bicyclic) bond motifs is 1. The summed E-state index contributed by atoms with van der Waals surface area (Å²) >= 11 is 0. The number of nitrogens with one attached hydrogen (secondary N) is 1. The van der Waals surface area contributed by atoms with Crippen LogP contribution in [0, 0.1) is 5.82 Å². The molecule has 0 aliphatic rings. The highest BCUT2D eigenvalue weighted by molar-refractivity contribution is 5.87. The summed E-state index contributed by atoms with van der Waals surface area (Å²) in [5, 5.41) is 5.91. The number of benzene rings is 3. The molecule has 0 atom stereocenters. The van der Waals surface area contributed by atoms with Crippen molar-refractivity contribution in [3.05, 3.63) is 77.6 Å². The highest BCUT2D eigenvalue weighted by atomic mass is 19.1. The summed E-state index contributed by atoms with van der Waals surface area (Å²) in [6.45, 7) is 5.85. The fourth-order valence-corrected chi connectivity index (χ4v) is 3.24. The zero-order chi connectivity index (χ0) is 20.3. The summed E-state index contributed by atoms with van der Waals surface area (Å²) in [6, 6.07) is 18.9. The summed E-state index contributed by atoms with van der Waals surface area (Å²) in [5.74, 6) is 0.628. The molecule has 0 radical (unpaired) electrons. The van der Waals surface area contributed by atoms with Crippen LogP contribution in [0.5, 0.6) is 5.75 Å². The molecule has 0 aromatic heterocycles. The van der Waals surface area contributed by atoms with Gasteiger partial charge in [0, 0.05) is 25.3 Å². The van der Waals surface area contributed by atoms with E-state index < -0.39 is 0 Å². The molecule has 0 bridgehead atoms. The Morgan fingerprint density at radius 1 is 0.897 bits per heavy atom. The molecule has 0 saturated heterocycles. The Kier molecular flexibility index (Phi) is 8.47. The van der Waals surface area contributed by atoms with Crippen LogP contribution >= 0.6 is 0 Å². The summed E-state index contributed by atoms with van der Waals surface area (Å²) in [6.07, 6.45) is 3.28. The molecular weight excluding hydrogens is 365 g/mol. The molecule has 0 aliphatic heterocycles. The van der Waals surface area contributed by atoms with E-state index >= 15 is 0 Å². The Bertz CT molecular complexity index is 880. The minimum atomic E-state index is -0.233. The van der Waals surface area contributed by atoms with Gasteiger partial charge >= 0.3 is 0 Å². The Morgan fingerprint density at radius 3 is 2.52 bits per heavy atom. The Labute approximate surface area is 172 Å². The van der Waals surface area contributed by atoms with Crippen molar-refractivity contribution in [2.75, 3.05) is 19.8 Å². The van der Waals surface area contributed by atoms with Crippen LogP contribution in [0.25, 0.3) is 10.8 Å². The van der Waals surface area contributed by atoms with Crippen LogP contribution in [-0.4, -0.2) is 19.8 Å². The first-order valence-corrected chi connectivity index (χ1v) is 10.4. The van der Waals surface area contributed by atoms with Crippen LogP contribution in [0.15, 0.2) is 60.7 Å². The van der Waals surface area contributed by atoms with Gasteiger partial charge in [0.05, 0.1) is 0 Å². The van der Waals surface area contributed by atoms with E-state index in [1.54, 1.807) is 12.1 Å². The molecule has 0 aliphatic carbocycles. The third-order valence-electron chi connectivity index (χ3n) is 4.89. The molecule has 3 aromatic rings. The SMILES string of the molecule is CCCCOCCCNCc1c(OCc2ccc(F)cc2)ccc2ccccc12. The largest absolute Gasteiger partial charge is 0.489 e. The van der Waals surface area contributed by atoms with Gasteiger partial charge in [-0.05, 0) is 53.9 Å². The zero-order valence-electron chi connectivity index (χ0n) is 17.1. The lowest BCUT2D eigenvalue weighted by Crippen LogP contribution is -2.17. The van der Waals surface area contributed by atoms with E-state index in [9.17, 15) is 4.39 Å². The van der Waals surface area contributed by atoms with E-state index in [0.717, 1.165) is 56.0 Å². The van der Waals surface area contributed by atoms with Crippen molar-refractivity contribution >= 4 is 10.8 Å². The average molecular weight is 396 g/mol. The highest BCUT2D eigenvalue weighted by Gasteiger charge is 2.09. The van der Waals surface area contributed by atoms with Crippen LogP contribution in [0.4, 0.5) is 4.39 Å². The van der Waals surface area contributed by atoms with E-state index in [0.29, 0.717) is 6.61 Å². The lowest BCUT2D eigenvalue weighted by Gasteiger charge is -2.15. The number of rotatable bonds is 12. The van der Waals surface area contributed by atoms with Crippen molar-refractivity contribution in [2.45, 2.75) is 39.3 Å². The van der Waals surface area contributed by atoms with Gasteiger partial charge in [0.25, 0.3) is 0 Å². The molecule has 3 nitrogen and oxygen atoms in total. The van der Waals surface area contributed by atoms with Crippen molar-refractivity contribution in [1.29, 1.82) is 0 Å². The van der Waals surface area contributed by atoms with E-state index in [1.165, 1.54) is 29.3 Å². The zero-order valence-corrected chi connectivity index (χ0v) is 17.1. The minimum absolute atomic E-state index is 0.233. The Balaban J connectivity index is 1.62. The summed E-state index contributed by atoms with van der Waals surface area (Å²) in [4.78, 5) is 0. The maximum atomic E-state index is 13.1. The first-order chi connectivity index (χ1) is 14.3. The molecule has 0 heterocycles. The first-order valence-electron chi connectivity index (χ1n) is 10.4. The molecule has 4 heteroatoms. The highest BCUT2D eigenvalue weighted by Crippen LogP contribution is 2.28. The van der Waals surface area contributed by atoms with Crippen molar-refractivity contribution in [2.24, 2.45) is 0 Å². The Hall–Kier alpha value is -2.43. The predicted octanol–water partition coefficient (Wildman–Crippen LogP) is 5.85. The van der Waals surface area contributed by atoms with Crippen LogP contribution < -0.4 is 10.1 Å². The maximum absolute atomic E-state index is 13.1. The van der Waals surface area contributed by atoms with E-state index in [-0.39, 0.29) is 5.82 Å². The van der Waals surface area contributed by atoms with Gasteiger partial charge in [-0.3, -0.25) is 0 Å². The van der Waals surface area contributed by atoms with Crippen molar-refractivity contribution < 1.29 is 13.9 Å². The second-order valence-electron chi connectivity index (χ2n) is 7.17. The molecule has 3 aromatic carbocycles. The third-order valence-corrected chi connectivity index (χ3v) is 4.89. The lowest BCUT2D eigenvalue weighted by molar-refractivity contribution is 0.128. The average Bonchev–Trinajstić information content (AvgIpc) is 2.75. The van der Waals surface area contributed by atoms with Gasteiger partial charge in [0.2, 0.25) is 0 Å². The first kappa shape index (κ1) is 21.3. The fraction of sp³-hybridized carbons (Fsp3) is 0.360. The van der Waals surface area contributed by atoms with E-state index in [4.69, 9.17) is 9.47 Å². The second-order valence-corrected chi connectivity index (χ2v) is 7.17. The van der Waals surface area contributed by atoms with Crippen LogP contribution in [0.3, 0.4) is 0 Å². The van der Waals surface area contributed by atoms with Gasteiger partial charge in [-0.15, -0.1) is 0 Å². The van der Waals surface area contributed by atoms with Crippen LogP contribution in [0.2, 0.25) is 0 Å². The molecular formula is C25H30FNO2. The smallest absolute Gasteiger partial charge is 0.124 e. The third kappa shape index (κ3) is 6.55. The molecule has 0 saturated carbocycles. The molecule has 3 rings (SSSR count). The standard InChI is InChI=1S/C25H30FNO2/c1-2-3-16-28-17-6-15-27-18-24-23-8-5-4-7-21(23)11-14-25(24)29-19-20-9-12-22(26)13-10-20/h4-5,7-14,27H,2-3,6,15-19H2,1H3. The summed E-state index contributed by atoms with van der Waals surface area (Å²) in [7, 11) is 0. The minimum Gasteiger partial charge on any atom is -0.489 e. The molecule has 154 valence electrons. The monoisotopic (exact) mass is 395 g/mol. The van der Waals surface area contributed by atoms with Gasteiger partial charge in [0.1, 0.15) is 18.2 Å². The van der Waals surface area contributed by atoms with Gasteiger partial charge in [0.15, 0.2) is 0 Å². The van der Waals surface area contributed by atoms with E-state index in [2.05, 4.69) is 36.5 Å². The molecule has 0 amide bonds. The second kappa shape index (κ2) is 11.5. The molecule has 0 fully saturated rings. The van der Waals surface area contributed by atoms with Crippen molar-refractivity contribution in [3.8, 4) is 5.75 Å². The molecule has 0 unspecified atom stereocenters. The normalized spacial score (nSPS) is 11.1. The topological polar surface area (TPSA) is 30.5 Å². The van der Waals surface area contributed by atoms with Crippen molar-refractivity contribution in [1.82, 2.24) is 5.32 Å². The number of hydrogen-bond acceptors (Lipinski definition) is 3. The quantitative estimate of drug-likeness (QED) is 0.390. The number of hydrogen-bond donors (Lipinski definition) is 1. The lowest BCUT2D eigenvalue weighted by atomic mass is 10.0. The molecule has 0 spiro atoms. The predicted molar refractivity (Wildman–Crippen MR) is 117 cm³/mol. The van der Waals surface area contributed by atoms with Crippen LogP contribution in [0.1, 0.15) is 37.3 Å². The van der Waals surface area contributed by atoms with Crippen molar-refractivity contribution in [3.63, 3.8) is 0 Å². The molecule has 1 N–H and O–H groups in total. The fourth-order valence-electron chi connectivity index (χ4n) is 3.24. The van der Waals surface area contributed by atoms with Gasteiger partial charge < -0.3 is 14.8 Å². The number of unbranched alkanes of at least 4 members (excludes halogenated alkanes) is 1. The maximum Gasteiger partial charge on any atom is 0.124 e. The number of halogens is 1. The number of ether oxygens (including phenoxy) is 2. The van der Waals surface area contributed by atoms with Gasteiger partial charge in [-0.1, -0.05) is 55.8 Å². The van der Waals surface area contributed by atoms with Gasteiger partial charge in [-0.2, -0.15) is 0 Å². The van der Waals surface area contributed by atoms with Crippen LogP contribution in [-0.2, 0) is 17.9 Å². The Morgan fingerprint density at radius 2 is 1.69 bits per heavy atom. The van der Waals surface area contributed by atoms with Gasteiger partial charge in [-0.25, -0.2) is 4.39 Å². The molecule has 29 heavy (non-hydrogen) atoms.